The van der Waals surface area contributed by atoms with Crippen LogP contribution in [-0.2, 0) is 6.54 Å². The van der Waals surface area contributed by atoms with Crippen molar-refractivity contribution in [2.24, 2.45) is 0 Å². The van der Waals surface area contributed by atoms with Crippen LogP contribution in [0.25, 0.3) is 0 Å². The summed E-state index contributed by atoms with van der Waals surface area (Å²) < 4.78 is 1.81. The molecule has 1 unspecified atom stereocenters. The molecule has 1 atom stereocenters. The van der Waals surface area contributed by atoms with Gasteiger partial charge in [-0.2, -0.15) is 0 Å². The summed E-state index contributed by atoms with van der Waals surface area (Å²) in [5, 5.41) is 9.96. The van der Waals surface area contributed by atoms with Crippen LogP contribution < -0.4 is 0 Å². The highest BCUT2D eigenvalue weighted by molar-refractivity contribution is 7.09. The van der Waals surface area contributed by atoms with Crippen molar-refractivity contribution in [3.8, 4) is 0 Å². The Morgan fingerprint density at radius 3 is 3.07 bits per heavy atom. The molecule has 0 spiro atoms. The normalized spacial score (nSPS) is 13.0. The van der Waals surface area contributed by atoms with Crippen LogP contribution in [0.1, 0.15) is 22.9 Å². The Morgan fingerprint density at radius 2 is 2.50 bits per heavy atom. The van der Waals surface area contributed by atoms with Crippen molar-refractivity contribution in [3.05, 3.63) is 34.3 Å². The number of nitrogens with zero attached hydrogens (tertiary/aromatic N) is 3. The monoisotopic (exact) mass is 227 g/mol. The minimum absolute atomic E-state index is 0.0768. The molecule has 0 aromatic carbocycles. The third kappa shape index (κ3) is 2.13. The van der Waals surface area contributed by atoms with Gasteiger partial charge in [-0.1, -0.05) is 11.3 Å². The third-order valence-electron chi connectivity index (χ3n) is 1.86. The first-order valence-electron chi connectivity index (χ1n) is 4.32. The molecule has 74 valence electrons. The van der Waals surface area contributed by atoms with Gasteiger partial charge in [0.2, 0.25) is 0 Å². The minimum atomic E-state index is -0.0768. The molecule has 0 saturated carbocycles. The van der Waals surface area contributed by atoms with Crippen molar-refractivity contribution in [1.82, 2.24) is 15.0 Å². The molecule has 0 N–H and O–H groups in total. The summed E-state index contributed by atoms with van der Waals surface area (Å²) in [6.07, 6.45) is 1.89. The first kappa shape index (κ1) is 9.68. The van der Waals surface area contributed by atoms with E-state index in [1.54, 1.807) is 16.0 Å². The van der Waals surface area contributed by atoms with Gasteiger partial charge in [0.05, 0.1) is 18.1 Å². The zero-order valence-electron chi connectivity index (χ0n) is 7.72. The molecule has 14 heavy (non-hydrogen) atoms. The Labute approximate surface area is 91.3 Å². The van der Waals surface area contributed by atoms with E-state index in [0.717, 1.165) is 12.2 Å². The average Bonchev–Trinajstić information content (AvgIpc) is 2.75. The lowest BCUT2D eigenvalue weighted by Gasteiger charge is -1.95. The first-order chi connectivity index (χ1) is 6.75. The van der Waals surface area contributed by atoms with E-state index >= 15 is 0 Å². The summed E-state index contributed by atoms with van der Waals surface area (Å²) in [4.78, 5) is 1.27. The van der Waals surface area contributed by atoms with Gasteiger partial charge in [-0.25, -0.2) is 4.68 Å². The molecule has 2 rings (SSSR count). The Hall–Kier alpha value is -0.870. The summed E-state index contributed by atoms with van der Waals surface area (Å²) in [5.74, 6) is 0. The van der Waals surface area contributed by atoms with Gasteiger partial charge in [-0.15, -0.1) is 28.0 Å². The molecule has 0 aliphatic heterocycles. The van der Waals surface area contributed by atoms with Crippen molar-refractivity contribution >= 4 is 22.9 Å². The molecule has 2 heterocycles. The van der Waals surface area contributed by atoms with E-state index in [2.05, 4.69) is 21.8 Å². The molecule has 2 aromatic rings. The first-order valence-corrected chi connectivity index (χ1v) is 5.64. The minimum Gasteiger partial charge on any atom is -0.247 e. The van der Waals surface area contributed by atoms with E-state index in [-0.39, 0.29) is 5.38 Å². The number of hydrogen-bond donors (Lipinski definition) is 0. The zero-order valence-corrected chi connectivity index (χ0v) is 9.29. The smallest absolute Gasteiger partial charge is 0.100 e. The van der Waals surface area contributed by atoms with Crippen LogP contribution in [0, 0.1) is 0 Å². The molecular formula is C9H10ClN3S. The highest BCUT2D eigenvalue weighted by Gasteiger charge is 2.06. The molecule has 0 saturated heterocycles. The van der Waals surface area contributed by atoms with Crippen LogP contribution in [0.15, 0.2) is 23.7 Å². The van der Waals surface area contributed by atoms with E-state index < -0.39 is 0 Å². The standard InChI is InChI=1S/C9H10ClN3S/c1-7(10)9-6-13(12-11-9)5-8-3-2-4-14-8/h2-4,6-7H,5H2,1H3. The Balaban J connectivity index is 2.11. The van der Waals surface area contributed by atoms with Gasteiger partial charge >= 0.3 is 0 Å². The van der Waals surface area contributed by atoms with Gasteiger partial charge < -0.3 is 0 Å². The average molecular weight is 228 g/mol. The molecule has 0 radical (unpaired) electrons. The van der Waals surface area contributed by atoms with E-state index in [4.69, 9.17) is 11.6 Å². The maximum absolute atomic E-state index is 5.89. The second-order valence-electron chi connectivity index (χ2n) is 3.04. The van der Waals surface area contributed by atoms with Gasteiger partial charge in [0, 0.05) is 4.88 Å². The van der Waals surface area contributed by atoms with Gasteiger partial charge in [0.1, 0.15) is 5.69 Å². The lowest BCUT2D eigenvalue weighted by atomic mass is 10.4. The Kier molecular flexibility index (Phi) is 2.84. The summed E-state index contributed by atoms with van der Waals surface area (Å²) in [6.45, 7) is 2.66. The number of hydrogen-bond acceptors (Lipinski definition) is 3. The fraction of sp³-hybridized carbons (Fsp3) is 0.333. The van der Waals surface area contributed by atoms with Gasteiger partial charge in [-0.3, -0.25) is 0 Å². The SMILES string of the molecule is CC(Cl)c1cn(Cc2cccs2)nn1. The Morgan fingerprint density at radius 1 is 1.64 bits per heavy atom. The van der Waals surface area contributed by atoms with E-state index in [1.165, 1.54) is 4.88 Å². The highest BCUT2D eigenvalue weighted by Crippen LogP contribution is 2.16. The molecule has 0 aliphatic carbocycles. The van der Waals surface area contributed by atoms with Gasteiger partial charge in [0.25, 0.3) is 0 Å². The largest absolute Gasteiger partial charge is 0.247 e. The molecule has 0 amide bonds. The van der Waals surface area contributed by atoms with E-state index in [1.807, 2.05) is 19.2 Å². The number of halogens is 1. The fourth-order valence-electron chi connectivity index (χ4n) is 1.14. The number of aromatic nitrogens is 3. The highest BCUT2D eigenvalue weighted by atomic mass is 35.5. The fourth-order valence-corrected chi connectivity index (χ4v) is 1.93. The van der Waals surface area contributed by atoms with Crippen LogP contribution in [0.4, 0.5) is 0 Å². The second-order valence-corrected chi connectivity index (χ2v) is 4.72. The number of rotatable bonds is 3. The van der Waals surface area contributed by atoms with Crippen LogP contribution in [0.2, 0.25) is 0 Å². The van der Waals surface area contributed by atoms with Crippen molar-refractivity contribution in [2.45, 2.75) is 18.8 Å². The predicted octanol–water partition coefficient (Wildman–Crippen LogP) is 2.69. The molecule has 0 fully saturated rings. The van der Waals surface area contributed by atoms with E-state index in [0.29, 0.717) is 0 Å². The van der Waals surface area contributed by atoms with Crippen LogP contribution >= 0.6 is 22.9 Å². The van der Waals surface area contributed by atoms with Gasteiger partial charge in [0.15, 0.2) is 0 Å². The van der Waals surface area contributed by atoms with Crippen LogP contribution in [0.5, 0.6) is 0 Å². The molecule has 5 heteroatoms. The van der Waals surface area contributed by atoms with Gasteiger partial charge in [-0.05, 0) is 18.4 Å². The van der Waals surface area contributed by atoms with Crippen molar-refractivity contribution in [2.75, 3.05) is 0 Å². The van der Waals surface area contributed by atoms with Crippen LogP contribution in [-0.4, -0.2) is 15.0 Å². The molecule has 3 nitrogen and oxygen atoms in total. The van der Waals surface area contributed by atoms with Crippen LogP contribution in [0.3, 0.4) is 0 Å². The molecule has 0 aliphatic rings. The molecular weight excluding hydrogens is 218 g/mol. The molecule has 2 aromatic heterocycles. The summed E-state index contributed by atoms with van der Waals surface area (Å²) in [5.41, 5.74) is 0.822. The maximum atomic E-state index is 5.89. The van der Waals surface area contributed by atoms with E-state index in [9.17, 15) is 0 Å². The van der Waals surface area contributed by atoms with Crippen molar-refractivity contribution in [3.63, 3.8) is 0 Å². The third-order valence-corrected chi connectivity index (χ3v) is 2.95. The lowest BCUT2D eigenvalue weighted by molar-refractivity contribution is 0.655. The lowest BCUT2D eigenvalue weighted by Crippen LogP contribution is -1.97. The predicted molar refractivity (Wildman–Crippen MR) is 57.7 cm³/mol. The zero-order chi connectivity index (χ0) is 9.97. The topological polar surface area (TPSA) is 30.7 Å². The molecule has 0 bridgehead atoms. The quantitative estimate of drug-likeness (QED) is 0.755. The van der Waals surface area contributed by atoms with Crippen molar-refractivity contribution in [1.29, 1.82) is 0 Å². The number of alkyl halides is 1. The summed E-state index contributed by atoms with van der Waals surface area (Å²) in [7, 11) is 0. The maximum Gasteiger partial charge on any atom is 0.100 e. The summed E-state index contributed by atoms with van der Waals surface area (Å²) >= 11 is 7.60. The van der Waals surface area contributed by atoms with Crippen molar-refractivity contribution < 1.29 is 0 Å². The Bertz CT molecular complexity index is 394. The second kappa shape index (κ2) is 4.11. The number of thiophene rings is 1. The summed E-state index contributed by atoms with van der Waals surface area (Å²) in [6, 6.07) is 4.11.